The van der Waals surface area contributed by atoms with E-state index in [1.54, 1.807) is 0 Å². The summed E-state index contributed by atoms with van der Waals surface area (Å²) < 4.78 is 55.3. The number of phenols is 1. The lowest BCUT2D eigenvalue weighted by molar-refractivity contribution is 0.102. The molecule has 0 unspecified atom stereocenters. The number of aromatic hydroxyl groups is 1. The maximum atomic E-state index is 13.1. The van der Waals surface area contributed by atoms with E-state index >= 15 is 0 Å². The van der Waals surface area contributed by atoms with Gasteiger partial charge in [0, 0.05) is 17.3 Å². The van der Waals surface area contributed by atoms with Gasteiger partial charge in [-0.2, -0.15) is 0 Å². The number of phenolic OH excluding ortho intramolecular Hbond substituents is 1. The number of nitrogens with one attached hydrogen (secondary N) is 3. The monoisotopic (exact) mass is 671 g/mol. The molecule has 43 heavy (non-hydrogen) atoms. The van der Waals surface area contributed by atoms with E-state index in [9.17, 15) is 26.7 Å². The zero-order valence-electron chi connectivity index (χ0n) is 24.4. The molecular formula is C30H39Cl2N3O6S2. The van der Waals surface area contributed by atoms with Gasteiger partial charge in [0.1, 0.15) is 10.6 Å². The van der Waals surface area contributed by atoms with Crippen molar-refractivity contribution in [1.29, 1.82) is 0 Å². The van der Waals surface area contributed by atoms with Crippen LogP contribution in [-0.2, 0) is 20.0 Å². The van der Waals surface area contributed by atoms with Crippen LogP contribution < -0.4 is 14.8 Å². The van der Waals surface area contributed by atoms with E-state index in [0.29, 0.717) is 6.42 Å². The molecule has 0 aromatic heterocycles. The van der Waals surface area contributed by atoms with E-state index < -0.39 is 31.7 Å². The van der Waals surface area contributed by atoms with Gasteiger partial charge >= 0.3 is 0 Å². The van der Waals surface area contributed by atoms with E-state index in [-0.39, 0.29) is 48.4 Å². The van der Waals surface area contributed by atoms with Gasteiger partial charge in [-0.3, -0.25) is 4.79 Å². The highest BCUT2D eigenvalue weighted by Crippen LogP contribution is 2.35. The zero-order valence-corrected chi connectivity index (χ0v) is 27.5. The Kier molecular flexibility index (Phi) is 13.1. The molecule has 3 rings (SSSR count). The second kappa shape index (κ2) is 16.1. The summed E-state index contributed by atoms with van der Waals surface area (Å²) in [7, 11) is -6.48. The number of rotatable bonds is 17. The van der Waals surface area contributed by atoms with Crippen molar-refractivity contribution < 1.29 is 26.7 Å². The van der Waals surface area contributed by atoms with Crippen LogP contribution in [0, 0.1) is 0 Å². The summed E-state index contributed by atoms with van der Waals surface area (Å²) in [5, 5.41) is 13.5. The summed E-state index contributed by atoms with van der Waals surface area (Å²) in [6.07, 6.45) is 11.4. The first kappa shape index (κ1) is 35.1. The third kappa shape index (κ3) is 9.29. The van der Waals surface area contributed by atoms with Crippen molar-refractivity contribution in [2.75, 3.05) is 18.9 Å². The SMILES string of the molecule is CCCCCCCCCCCCNS(=O)(=O)c1cc(Cl)c(NC(=O)c2ccc3c(S(=O)(=O)NC)cccc3c2O)cc1Cl. The van der Waals surface area contributed by atoms with Crippen molar-refractivity contribution in [1.82, 2.24) is 9.44 Å². The van der Waals surface area contributed by atoms with Crippen LogP contribution in [0.4, 0.5) is 5.69 Å². The fourth-order valence-corrected chi connectivity index (χ4v) is 7.60. The molecule has 1 amide bonds. The number of hydrogen-bond donors (Lipinski definition) is 4. The fourth-order valence-electron chi connectivity index (χ4n) is 4.76. The van der Waals surface area contributed by atoms with Crippen molar-refractivity contribution in [3.8, 4) is 5.75 Å². The number of carbonyl (C=O) groups is 1. The molecule has 3 aromatic rings. The second-order valence-electron chi connectivity index (χ2n) is 10.3. The average molecular weight is 673 g/mol. The van der Waals surface area contributed by atoms with E-state index in [1.807, 2.05) is 0 Å². The Hall–Kier alpha value is -2.41. The minimum Gasteiger partial charge on any atom is -0.506 e. The van der Waals surface area contributed by atoms with Crippen molar-refractivity contribution >= 4 is 65.6 Å². The highest BCUT2D eigenvalue weighted by molar-refractivity contribution is 7.90. The van der Waals surface area contributed by atoms with Gasteiger partial charge in [-0.05, 0) is 37.7 Å². The summed E-state index contributed by atoms with van der Waals surface area (Å²) in [6, 6.07) is 9.42. The summed E-state index contributed by atoms with van der Waals surface area (Å²) in [5.41, 5.74) is -0.107. The number of halogens is 2. The summed E-state index contributed by atoms with van der Waals surface area (Å²) >= 11 is 12.6. The smallest absolute Gasteiger partial charge is 0.259 e. The minimum absolute atomic E-state index is 0.0383. The number of anilines is 1. The first-order valence-corrected chi connectivity index (χ1v) is 18.1. The normalized spacial score (nSPS) is 12.1. The third-order valence-corrected chi connectivity index (χ3v) is 10.9. The Morgan fingerprint density at radius 3 is 2.02 bits per heavy atom. The van der Waals surface area contributed by atoms with Gasteiger partial charge in [0.05, 0.1) is 26.2 Å². The van der Waals surface area contributed by atoms with Gasteiger partial charge in [-0.25, -0.2) is 26.3 Å². The molecule has 3 aromatic carbocycles. The molecule has 13 heteroatoms. The average Bonchev–Trinajstić information content (AvgIpc) is 2.97. The molecule has 236 valence electrons. The van der Waals surface area contributed by atoms with Crippen LogP contribution >= 0.6 is 23.2 Å². The van der Waals surface area contributed by atoms with Gasteiger partial charge < -0.3 is 10.4 Å². The van der Waals surface area contributed by atoms with Gasteiger partial charge in [0.15, 0.2) is 0 Å². The van der Waals surface area contributed by atoms with E-state index in [0.717, 1.165) is 25.3 Å². The molecule has 0 bridgehead atoms. The number of unbranched alkanes of at least 4 members (excludes halogenated alkanes) is 9. The zero-order chi connectivity index (χ0) is 31.6. The van der Waals surface area contributed by atoms with Gasteiger partial charge in [0.2, 0.25) is 20.0 Å². The van der Waals surface area contributed by atoms with Crippen LogP contribution in [0.15, 0.2) is 52.3 Å². The Balaban J connectivity index is 1.63. The predicted molar refractivity (Wildman–Crippen MR) is 173 cm³/mol. The number of fused-ring (bicyclic) bond motifs is 1. The number of carbonyl (C=O) groups excluding carboxylic acids is 1. The predicted octanol–water partition coefficient (Wildman–Crippen LogP) is 7.21. The molecule has 0 saturated carbocycles. The Morgan fingerprint density at radius 1 is 0.767 bits per heavy atom. The molecule has 0 heterocycles. The lowest BCUT2D eigenvalue weighted by atomic mass is 10.0. The van der Waals surface area contributed by atoms with Crippen molar-refractivity contribution in [2.24, 2.45) is 0 Å². The lowest BCUT2D eigenvalue weighted by Gasteiger charge is -2.14. The minimum atomic E-state index is -3.94. The fraction of sp³-hybridized carbons (Fsp3) is 0.433. The Morgan fingerprint density at radius 2 is 1.40 bits per heavy atom. The van der Waals surface area contributed by atoms with Crippen LogP contribution in [0.5, 0.6) is 5.75 Å². The number of amides is 1. The van der Waals surface area contributed by atoms with Gasteiger partial charge in [0.25, 0.3) is 5.91 Å². The molecule has 0 saturated heterocycles. The molecular weight excluding hydrogens is 633 g/mol. The molecule has 0 aliphatic heterocycles. The van der Waals surface area contributed by atoms with Crippen molar-refractivity contribution in [2.45, 2.75) is 80.9 Å². The first-order valence-electron chi connectivity index (χ1n) is 14.4. The van der Waals surface area contributed by atoms with E-state index in [4.69, 9.17) is 23.2 Å². The molecule has 0 aliphatic carbocycles. The van der Waals surface area contributed by atoms with Crippen LogP contribution in [-0.4, -0.2) is 41.4 Å². The molecule has 0 fully saturated rings. The summed E-state index contributed by atoms with van der Waals surface area (Å²) in [6.45, 7) is 2.47. The van der Waals surface area contributed by atoms with Crippen molar-refractivity contribution in [3.63, 3.8) is 0 Å². The molecule has 0 spiro atoms. The molecule has 0 radical (unpaired) electrons. The number of sulfonamides is 2. The number of hydrogen-bond acceptors (Lipinski definition) is 6. The second-order valence-corrected chi connectivity index (χ2v) is 14.7. The largest absolute Gasteiger partial charge is 0.506 e. The van der Waals surface area contributed by atoms with Crippen LogP contribution in [0.25, 0.3) is 10.8 Å². The topological polar surface area (TPSA) is 142 Å². The standard InChI is InChI=1S/C30H39Cl2N3O6S2/c1-3-4-5-6-7-8-9-10-11-12-18-34-43(40,41)28-20-24(31)26(19-25(28)32)35-30(37)23-17-16-21-22(29(23)36)14-13-15-27(21)42(38,39)33-2/h13-17,19-20,33-34,36H,3-12,18H2,1-2H3,(H,35,37). The third-order valence-electron chi connectivity index (χ3n) is 7.18. The van der Waals surface area contributed by atoms with E-state index in [2.05, 4.69) is 21.7 Å². The Labute approximate surface area is 264 Å². The van der Waals surface area contributed by atoms with E-state index in [1.165, 1.54) is 82.0 Å². The van der Waals surface area contributed by atoms with Gasteiger partial charge in [-0.1, -0.05) is 106 Å². The highest BCUT2D eigenvalue weighted by Gasteiger charge is 2.23. The Bertz CT molecular complexity index is 1650. The van der Waals surface area contributed by atoms with Crippen molar-refractivity contribution in [3.05, 3.63) is 58.1 Å². The molecule has 9 nitrogen and oxygen atoms in total. The maximum Gasteiger partial charge on any atom is 0.259 e. The van der Waals surface area contributed by atoms with Crippen LogP contribution in [0.2, 0.25) is 10.0 Å². The number of benzene rings is 3. The summed E-state index contributed by atoms with van der Waals surface area (Å²) in [5.74, 6) is -1.19. The highest BCUT2D eigenvalue weighted by atomic mass is 35.5. The van der Waals surface area contributed by atoms with Crippen LogP contribution in [0.3, 0.4) is 0 Å². The molecule has 0 aliphatic rings. The van der Waals surface area contributed by atoms with Crippen LogP contribution in [0.1, 0.15) is 81.5 Å². The molecule has 4 N–H and O–H groups in total. The summed E-state index contributed by atoms with van der Waals surface area (Å²) in [4.78, 5) is 12.8. The van der Waals surface area contributed by atoms with Gasteiger partial charge in [-0.15, -0.1) is 0 Å². The first-order chi connectivity index (χ1) is 20.4. The maximum absolute atomic E-state index is 13.1. The molecule has 0 atom stereocenters. The quantitative estimate of drug-likeness (QED) is 0.112. The lowest BCUT2D eigenvalue weighted by Crippen LogP contribution is -2.25.